The van der Waals surface area contributed by atoms with Gasteiger partial charge in [0, 0.05) is 12.1 Å². The van der Waals surface area contributed by atoms with Gasteiger partial charge in [-0.05, 0) is 44.0 Å². The van der Waals surface area contributed by atoms with E-state index in [1.165, 1.54) is 0 Å². The van der Waals surface area contributed by atoms with Gasteiger partial charge in [-0.15, -0.1) is 5.10 Å². The van der Waals surface area contributed by atoms with Crippen LogP contribution in [0, 0.1) is 11.3 Å². The summed E-state index contributed by atoms with van der Waals surface area (Å²) in [6.45, 7) is 2.47. The number of likely N-dealkylation sites (N-methyl/N-ethyl adjacent to an activating group) is 1. The van der Waals surface area contributed by atoms with Crippen molar-refractivity contribution in [1.29, 1.82) is 5.26 Å². The van der Waals surface area contributed by atoms with E-state index in [-0.39, 0.29) is 5.91 Å². The third kappa shape index (κ3) is 2.70. The van der Waals surface area contributed by atoms with Crippen LogP contribution in [0.4, 0.5) is 0 Å². The number of hydrogen-bond acceptors (Lipinski definition) is 5. The van der Waals surface area contributed by atoms with Crippen molar-refractivity contribution in [3.63, 3.8) is 0 Å². The summed E-state index contributed by atoms with van der Waals surface area (Å²) in [5.41, 5.74) is 2.11. The lowest BCUT2D eigenvalue weighted by molar-refractivity contribution is -0.123. The van der Waals surface area contributed by atoms with Gasteiger partial charge in [-0.1, -0.05) is 12.1 Å². The molecule has 136 valence electrons. The first-order valence-corrected chi connectivity index (χ1v) is 8.86. The Bertz CT molecular complexity index is 1080. The second kappa shape index (κ2) is 6.40. The second-order valence-corrected chi connectivity index (χ2v) is 6.59. The van der Waals surface area contributed by atoms with E-state index in [0.717, 1.165) is 24.1 Å². The van der Waals surface area contributed by atoms with E-state index < -0.39 is 5.41 Å². The first-order chi connectivity index (χ1) is 13.1. The lowest BCUT2D eigenvalue weighted by Crippen LogP contribution is -2.35. The molecule has 3 aromatic rings. The Labute approximate surface area is 156 Å². The highest BCUT2D eigenvalue weighted by Gasteiger charge is 2.54. The molecule has 2 aromatic heterocycles. The van der Waals surface area contributed by atoms with Gasteiger partial charge in [0.15, 0.2) is 17.2 Å². The predicted molar refractivity (Wildman–Crippen MR) is 99.3 cm³/mol. The van der Waals surface area contributed by atoms with Crippen molar-refractivity contribution in [3.05, 3.63) is 47.8 Å². The minimum absolute atomic E-state index is 0.0344. The van der Waals surface area contributed by atoms with Gasteiger partial charge in [-0.25, -0.2) is 9.50 Å². The Morgan fingerprint density at radius 2 is 2.19 bits per heavy atom. The van der Waals surface area contributed by atoms with E-state index in [9.17, 15) is 10.1 Å². The Morgan fingerprint density at radius 1 is 1.37 bits per heavy atom. The van der Waals surface area contributed by atoms with Gasteiger partial charge in [0.05, 0.1) is 24.4 Å². The molecule has 1 aromatic carbocycles. The molecule has 2 heterocycles. The molecule has 7 heteroatoms. The number of fused-ring (bicyclic) bond motifs is 1. The number of nitriles is 1. The molecule has 0 saturated heterocycles. The van der Waals surface area contributed by atoms with Gasteiger partial charge < -0.3 is 10.1 Å². The number of carbonyl (C=O) groups excluding carboxylic acids is 1. The molecule has 0 radical (unpaired) electrons. The van der Waals surface area contributed by atoms with E-state index in [2.05, 4.69) is 21.5 Å². The molecule has 1 N–H and O–H groups in total. The molecule has 0 unspecified atom stereocenters. The van der Waals surface area contributed by atoms with Crippen LogP contribution in [0.2, 0.25) is 0 Å². The van der Waals surface area contributed by atoms with Crippen LogP contribution in [0.5, 0.6) is 5.75 Å². The quantitative estimate of drug-likeness (QED) is 0.753. The van der Waals surface area contributed by atoms with Crippen molar-refractivity contribution >= 4 is 11.6 Å². The zero-order valence-electron chi connectivity index (χ0n) is 15.2. The summed E-state index contributed by atoms with van der Waals surface area (Å²) in [5.74, 6) is 1.06. The third-order valence-electron chi connectivity index (χ3n) is 4.91. The van der Waals surface area contributed by atoms with Crippen molar-refractivity contribution in [2.45, 2.75) is 25.2 Å². The maximum Gasteiger partial charge on any atom is 0.233 e. The number of benzene rings is 1. The average molecular weight is 361 g/mol. The van der Waals surface area contributed by atoms with Crippen LogP contribution in [-0.2, 0) is 10.2 Å². The fourth-order valence-corrected chi connectivity index (χ4v) is 3.27. The molecule has 27 heavy (non-hydrogen) atoms. The van der Waals surface area contributed by atoms with Crippen molar-refractivity contribution in [3.8, 4) is 23.1 Å². The standard InChI is InChI=1S/C20H19N5O2/c1-3-22-19(26)20(9-10-20)18-23-17-16(27-2)8-7-15(25(17)24-18)14-6-4-5-13(11-14)12-21/h4-8,11H,3,9-10H2,1-2H3,(H,22,26). The number of pyridine rings is 1. The zero-order valence-corrected chi connectivity index (χ0v) is 15.2. The number of aromatic nitrogens is 3. The van der Waals surface area contributed by atoms with E-state index in [1.807, 2.05) is 31.2 Å². The van der Waals surface area contributed by atoms with Crippen LogP contribution in [0.3, 0.4) is 0 Å². The van der Waals surface area contributed by atoms with Crippen LogP contribution in [-0.4, -0.2) is 34.2 Å². The van der Waals surface area contributed by atoms with Gasteiger partial charge in [-0.3, -0.25) is 4.79 Å². The van der Waals surface area contributed by atoms with E-state index >= 15 is 0 Å². The average Bonchev–Trinajstić information content (AvgIpc) is 3.39. The summed E-state index contributed by atoms with van der Waals surface area (Å²) < 4.78 is 7.14. The predicted octanol–water partition coefficient (Wildman–Crippen LogP) is 2.44. The summed E-state index contributed by atoms with van der Waals surface area (Å²) in [5, 5.41) is 16.7. The highest BCUT2D eigenvalue weighted by molar-refractivity contribution is 5.90. The number of rotatable bonds is 5. The fourth-order valence-electron chi connectivity index (χ4n) is 3.27. The van der Waals surface area contributed by atoms with Crippen molar-refractivity contribution in [2.24, 2.45) is 0 Å². The zero-order chi connectivity index (χ0) is 19.0. The number of carbonyl (C=O) groups is 1. The van der Waals surface area contributed by atoms with Gasteiger partial charge in [-0.2, -0.15) is 5.26 Å². The number of nitrogens with one attached hydrogen (secondary N) is 1. The Kier molecular flexibility index (Phi) is 4.04. The molecule has 1 fully saturated rings. The van der Waals surface area contributed by atoms with Crippen molar-refractivity contribution in [1.82, 2.24) is 19.9 Å². The maximum atomic E-state index is 12.5. The molecule has 0 aliphatic heterocycles. The van der Waals surface area contributed by atoms with E-state index in [4.69, 9.17) is 4.74 Å². The van der Waals surface area contributed by atoms with Crippen molar-refractivity contribution < 1.29 is 9.53 Å². The topological polar surface area (TPSA) is 92.3 Å². The van der Waals surface area contributed by atoms with E-state index in [0.29, 0.717) is 29.3 Å². The molecule has 1 aliphatic carbocycles. The highest BCUT2D eigenvalue weighted by atomic mass is 16.5. The molecular weight excluding hydrogens is 342 g/mol. The lowest BCUT2D eigenvalue weighted by atomic mass is 10.1. The van der Waals surface area contributed by atoms with Gasteiger partial charge in [0.25, 0.3) is 0 Å². The Balaban J connectivity index is 1.89. The third-order valence-corrected chi connectivity index (χ3v) is 4.91. The van der Waals surface area contributed by atoms with Crippen LogP contribution >= 0.6 is 0 Å². The monoisotopic (exact) mass is 361 g/mol. The van der Waals surface area contributed by atoms with Crippen LogP contribution in [0.15, 0.2) is 36.4 Å². The first kappa shape index (κ1) is 17.0. The summed E-state index contributed by atoms with van der Waals surface area (Å²) >= 11 is 0. The molecule has 0 bridgehead atoms. The lowest BCUT2D eigenvalue weighted by Gasteiger charge is -2.10. The number of hydrogen-bond donors (Lipinski definition) is 1. The van der Waals surface area contributed by atoms with Gasteiger partial charge in [0.1, 0.15) is 5.41 Å². The molecule has 1 amide bonds. The van der Waals surface area contributed by atoms with Crippen LogP contribution < -0.4 is 10.1 Å². The van der Waals surface area contributed by atoms with Gasteiger partial charge >= 0.3 is 0 Å². The molecule has 0 atom stereocenters. The van der Waals surface area contributed by atoms with Gasteiger partial charge in [0.2, 0.25) is 5.91 Å². The first-order valence-electron chi connectivity index (χ1n) is 8.86. The fraction of sp³-hybridized carbons (Fsp3) is 0.300. The highest BCUT2D eigenvalue weighted by Crippen LogP contribution is 2.47. The molecule has 0 spiro atoms. The summed E-state index contributed by atoms with van der Waals surface area (Å²) in [4.78, 5) is 17.2. The number of methoxy groups -OCH3 is 1. The smallest absolute Gasteiger partial charge is 0.233 e. The molecule has 7 nitrogen and oxygen atoms in total. The molecule has 1 aliphatic rings. The minimum atomic E-state index is -0.654. The number of amides is 1. The summed E-state index contributed by atoms with van der Waals surface area (Å²) in [7, 11) is 1.58. The Hall–Kier alpha value is -3.40. The maximum absolute atomic E-state index is 12.5. The minimum Gasteiger partial charge on any atom is -0.493 e. The molecular formula is C20H19N5O2. The van der Waals surface area contributed by atoms with Crippen LogP contribution in [0.25, 0.3) is 16.9 Å². The van der Waals surface area contributed by atoms with E-state index in [1.54, 1.807) is 23.8 Å². The van der Waals surface area contributed by atoms with Crippen molar-refractivity contribution in [2.75, 3.05) is 13.7 Å². The summed E-state index contributed by atoms with van der Waals surface area (Å²) in [6, 6.07) is 13.2. The SMILES string of the molecule is CCNC(=O)C1(c2nc3c(OC)ccc(-c4cccc(C#N)c4)n3n2)CC1. The number of nitrogens with zero attached hydrogens (tertiary/aromatic N) is 4. The largest absolute Gasteiger partial charge is 0.493 e. The Morgan fingerprint density at radius 3 is 2.85 bits per heavy atom. The summed E-state index contributed by atoms with van der Waals surface area (Å²) in [6.07, 6.45) is 1.47. The number of ether oxygens (including phenoxy) is 1. The molecule has 4 rings (SSSR count). The molecule has 1 saturated carbocycles. The second-order valence-electron chi connectivity index (χ2n) is 6.59. The van der Waals surface area contributed by atoms with Crippen LogP contribution in [0.1, 0.15) is 31.2 Å². The normalized spacial score (nSPS) is 14.6.